The first-order valence-electron chi connectivity index (χ1n) is 5.10. The predicted octanol–water partition coefficient (Wildman–Crippen LogP) is 5.10. The van der Waals surface area contributed by atoms with Gasteiger partial charge in [-0.1, -0.05) is 40.9 Å². The van der Waals surface area contributed by atoms with Gasteiger partial charge in [-0.15, -0.1) is 0 Å². The van der Waals surface area contributed by atoms with Crippen LogP contribution in [0.5, 0.6) is 0 Å². The Morgan fingerprint density at radius 1 is 1.11 bits per heavy atom. The third-order valence-electron chi connectivity index (χ3n) is 2.42. The van der Waals surface area contributed by atoms with Gasteiger partial charge in [0.2, 0.25) is 0 Å². The summed E-state index contributed by atoms with van der Waals surface area (Å²) in [4.78, 5) is 8.55. The van der Waals surface area contributed by atoms with E-state index < -0.39 is 0 Å². The minimum absolute atomic E-state index is 0.390. The van der Waals surface area contributed by atoms with Gasteiger partial charge in [0.25, 0.3) is 0 Å². The van der Waals surface area contributed by atoms with Crippen molar-refractivity contribution in [3.63, 3.8) is 0 Å². The van der Waals surface area contributed by atoms with Crippen LogP contribution in [0.25, 0.3) is 0 Å². The minimum atomic E-state index is 0.390. The predicted molar refractivity (Wildman–Crippen MR) is 78.7 cm³/mol. The number of rotatable bonds is 2. The zero-order valence-corrected chi connectivity index (χ0v) is 13.2. The fourth-order valence-electron chi connectivity index (χ4n) is 1.52. The molecule has 0 atom stereocenters. The summed E-state index contributed by atoms with van der Waals surface area (Å²) in [6, 6.07) is 5.38. The van der Waals surface area contributed by atoms with E-state index in [0.717, 1.165) is 11.3 Å². The van der Waals surface area contributed by atoms with Gasteiger partial charge >= 0.3 is 0 Å². The van der Waals surface area contributed by atoms with Crippen molar-refractivity contribution in [1.29, 1.82) is 0 Å². The molecule has 94 valence electrons. The van der Waals surface area contributed by atoms with Crippen LogP contribution >= 0.6 is 50.7 Å². The highest BCUT2D eigenvalue weighted by atomic mass is 79.9. The van der Waals surface area contributed by atoms with E-state index in [1.165, 1.54) is 0 Å². The number of benzene rings is 1. The Morgan fingerprint density at radius 3 is 2.28 bits per heavy atom. The average molecular weight is 366 g/mol. The SMILES string of the molecule is Cc1nc(Cc2c(Cl)cccc2Cl)nc(Cl)c1Br. The number of aryl methyl sites for hydroxylation is 1. The molecule has 1 heterocycles. The molecule has 0 saturated heterocycles. The Balaban J connectivity index is 2.41. The monoisotopic (exact) mass is 364 g/mol. The van der Waals surface area contributed by atoms with Crippen molar-refractivity contribution in [2.24, 2.45) is 0 Å². The van der Waals surface area contributed by atoms with Crippen LogP contribution in [0.3, 0.4) is 0 Å². The summed E-state index contributed by atoms with van der Waals surface area (Å²) in [7, 11) is 0. The molecule has 6 heteroatoms. The van der Waals surface area contributed by atoms with E-state index in [2.05, 4.69) is 25.9 Å². The number of hydrogen-bond acceptors (Lipinski definition) is 2. The summed E-state index contributed by atoms with van der Waals surface area (Å²) in [6.07, 6.45) is 0.451. The Kier molecular flexibility index (Phi) is 4.49. The topological polar surface area (TPSA) is 25.8 Å². The highest BCUT2D eigenvalue weighted by Crippen LogP contribution is 2.28. The van der Waals surface area contributed by atoms with Gasteiger partial charge in [0, 0.05) is 16.5 Å². The molecule has 18 heavy (non-hydrogen) atoms. The van der Waals surface area contributed by atoms with Crippen molar-refractivity contribution < 1.29 is 0 Å². The molecule has 0 bridgehead atoms. The Morgan fingerprint density at radius 2 is 1.72 bits per heavy atom. The van der Waals surface area contributed by atoms with Crippen LogP contribution in [0.2, 0.25) is 15.2 Å². The first-order valence-corrected chi connectivity index (χ1v) is 7.03. The van der Waals surface area contributed by atoms with E-state index in [9.17, 15) is 0 Å². The highest BCUT2D eigenvalue weighted by molar-refractivity contribution is 9.10. The van der Waals surface area contributed by atoms with Crippen LogP contribution in [0.4, 0.5) is 0 Å². The molecule has 0 N–H and O–H groups in total. The van der Waals surface area contributed by atoms with Crippen LogP contribution < -0.4 is 0 Å². The average Bonchev–Trinajstić information content (AvgIpc) is 2.31. The summed E-state index contributed by atoms with van der Waals surface area (Å²) < 4.78 is 0.707. The summed E-state index contributed by atoms with van der Waals surface area (Å²) in [5, 5.41) is 1.59. The molecule has 0 aliphatic heterocycles. The van der Waals surface area contributed by atoms with Gasteiger partial charge < -0.3 is 0 Å². The maximum atomic E-state index is 6.11. The fraction of sp³-hybridized carbons (Fsp3) is 0.167. The second-order valence-electron chi connectivity index (χ2n) is 3.71. The van der Waals surface area contributed by atoms with Gasteiger partial charge in [-0.25, -0.2) is 9.97 Å². The van der Waals surface area contributed by atoms with E-state index in [1.807, 2.05) is 6.92 Å². The number of halogens is 4. The third kappa shape index (κ3) is 2.97. The second kappa shape index (κ2) is 5.74. The lowest BCUT2D eigenvalue weighted by Gasteiger charge is -2.08. The van der Waals surface area contributed by atoms with Gasteiger partial charge in [-0.05, 0) is 40.5 Å². The van der Waals surface area contributed by atoms with Crippen molar-refractivity contribution in [2.45, 2.75) is 13.3 Å². The Bertz CT molecular complexity index is 559. The fourth-order valence-corrected chi connectivity index (χ4v) is 2.46. The van der Waals surface area contributed by atoms with Crippen LogP contribution in [-0.2, 0) is 6.42 Å². The van der Waals surface area contributed by atoms with Gasteiger partial charge in [0.1, 0.15) is 11.0 Å². The summed E-state index contributed by atoms with van der Waals surface area (Å²) in [5.41, 5.74) is 1.59. The lowest BCUT2D eigenvalue weighted by molar-refractivity contribution is 0.934. The molecule has 0 fully saturated rings. The van der Waals surface area contributed by atoms with E-state index >= 15 is 0 Å². The molecule has 0 unspecified atom stereocenters. The Labute approximate surface area is 128 Å². The van der Waals surface area contributed by atoms with E-state index in [1.54, 1.807) is 18.2 Å². The third-order valence-corrected chi connectivity index (χ3v) is 4.58. The van der Waals surface area contributed by atoms with Crippen molar-refractivity contribution in [1.82, 2.24) is 9.97 Å². The highest BCUT2D eigenvalue weighted by Gasteiger charge is 2.11. The number of aromatic nitrogens is 2. The van der Waals surface area contributed by atoms with Gasteiger partial charge in [0.05, 0.1) is 10.2 Å². The van der Waals surface area contributed by atoms with Crippen LogP contribution in [0, 0.1) is 6.92 Å². The normalized spacial score (nSPS) is 10.7. The molecule has 0 aliphatic carbocycles. The molecule has 2 nitrogen and oxygen atoms in total. The van der Waals surface area contributed by atoms with Gasteiger partial charge in [0.15, 0.2) is 0 Å². The summed E-state index contributed by atoms with van der Waals surface area (Å²) >= 11 is 21.5. The lowest BCUT2D eigenvalue weighted by Crippen LogP contribution is -2.01. The quantitative estimate of drug-likeness (QED) is 0.691. The Hall–Kier alpha value is -0.350. The number of hydrogen-bond donors (Lipinski definition) is 0. The van der Waals surface area contributed by atoms with Crippen molar-refractivity contribution in [3.05, 3.63) is 55.0 Å². The zero-order chi connectivity index (χ0) is 13.3. The molecule has 0 spiro atoms. The molecule has 1 aromatic carbocycles. The van der Waals surface area contributed by atoms with E-state index in [4.69, 9.17) is 34.8 Å². The minimum Gasteiger partial charge on any atom is -0.237 e. The molecule has 0 aliphatic rings. The standard InChI is InChI=1S/C12H8BrCl3N2/c1-6-11(13)12(16)18-10(17-6)5-7-8(14)3-2-4-9(7)15/h2-4H,5H2,1H3. The van der Waals surface area contributed by atoms with Crippen molar-refractivity contribution in [3.8, 4) is 0 Å². The maximum Gasteiger partial charge on any atom is 0.147 e. The van der Waals surface area contributed by atoms with Crippen molar-refractivity contribution in [2.75, 3.05) is 0 Å². The molecular weight excluding hydrogens is 358 g/mol. The van der Waals surface area contributed by atoms with Gasteiger partial charge in [-0.2, -0.15) is 0 Å². The summed E-state index contributed by atoms with van der Waals surface area (Å²) in [5.74, 6) is 0.593. The lowest BCUT2D eigenvalue weighted by atomic mass is 10.1. The largest absolute Gasteiger partial charge is 0.237 e. The van der Waals surface area contributed by atoms with E-state index in [0.29, 0.717) is 31.9 Å². The molecule has 1 aromatic heterocycles. The smallest absolute Gasteiger partial charge is 0.147 e. The molecule has 0 saturated carbocycles. The molecule has 0 radical (unpaired) electrons. The molecule has 2 rings (SSSR count). The van der Waals surface area contributed by atoms with Crippen LogP contribution in [-0.4, -0.2) is 9.97 Å². The first kappa shape index (κ1) is 14.1. The van der Waals surface area contributed by atoms with Crippen molar-refractivity contribution >= 4 is 50.7 Å². The maximum absolute atomic E-state index is 6.11. The van der Waals surface area contributed by atoms with Crippen LogP contribution in [0.1, 0.15) is 17.1 Å². The first-order chi connectivity index (χ1) is 8.49. The number of nitrogens with zero attached hydrogens (tertiary/aromatic N) is 2. The summed E-state index contributed by atoms with van der Waals surface area (Å²) in [6.45, 7) is 1.86. The molecule has 0 amide bonds. The van der Waals surface area contributed by atoms with Gasteiger partial charge in [-0.3, -0.25) is 0 Å². The van der Waals surface area contributed by atoms with Crippen LogP contribution in [0.15, 0.2) is 22.7 Å². The second-order valence-corrected chi connectivity index (χ2v) is 5.67. The zero-order valence-electron chi connectivity index (χ0n) is 9.35. The van der Waals surface area contributed by atoms with E-state index in [-0.39, 0.29) is 0 Å². The molecule has 2 aromatic rings. The molecular formula is C12H8BrCl3N2.